The Morgan fingerprint density at radius 2 is 1.89 bits per heavy atom. The number of nitrogen functional groups attached to an aromatic ring is 1. The molecule has 0 spiro atoms. The first-order valence-corrected chi connectivity index (χ1v) is 9.44. The maximum Gasteiger partial charge on any atom is 0.339 e. The summed E-state index contributed by atoms with van der Waals surface area (Å²) < 4.78 is 5.41. The number of carboxylic acid groups (broad SMARTS) is 1. The minimum Gasteiger partial charge on any atom is -0.493 e. The molecular formula is C22H28N2O4. The normalized spacial score (nSPS) is 11.9. The fraction of sp³-hybridized carbons (Fsp3) is 0.364. The number of hydrogen-bond acceptors (Lipinski definition) is 4. The Bertz CT molecular complexity index is 833. The van der Waals surface area contributed by atoms with Crippen molar-refractivity contribution in [2.45, 2.75) is 39.7 Å². The number of carbonyl (C=O) groups excluding carboxylic acids is 1. The van der Waals surface area contributed by atoms with Gasteiger partial charge in [-0.2, -0.15) is 0 Å². The average Bonchev–Trinajstić information content (AvgIpc) is 2.61. The SMILES string of the molecule is CCOc1cc(CC(=O)N[C@@H](CC(C)C)c2ccccc2N)ccc1C(=O)O. The molecule has 1 atom stereocenters. The van der Waals surface area contributed by atoms with Crippen LogP contribution in [0.3, 0.4) is 0 Å². The lowest BCUT2D eigenvalue weighted by Crippen LogP contribution is -2.31. The first-order valence-electron chi connectivity index (χ1n) is 9.44. The Kier molecular flexibility index (Phi) is 7.44. The largest absolute Gasteiger partial charge is 0.493 e. The lowest BCUT2D eigenvalue weighted by molar-refractivity contribution is -0.121. The predicted molar refractivity (Wildman–Crippen MR) is 109 cm³/mol. The fourth-order valence-electron chi connectivity index (χ4n) is 3.12. The van der Waals surface area contributed by atoms with Crippen molar-refractivity contribution >= 4 is 17.6 Å². The number of ether oxygens (including phenoxy) is 1. The van der Waals surface area contributed by atoms with Gasteiger partial charge >= 0.3 is 5.97 Å². The molecule has 0 fully saturated rings. The maximum absolute atomic E-state index is 12.7. The lowest BCUT2D eigenvalue weighted by Gasteiger charge is -2.22. The summed E-state index contributed by atoms with van der Waals surface area (Å²) in [7, 11) is 0. The van der Waals surface area contributed by atoms with E-state index in [1.165, 1.54) is 6.07 Å². The van der Waals surface area contributed by atoms with Gasteiger partial charge in [-0.25, -0.2) is 4.79 Å². The second kappa shape index (κ2) is 9.78. The summed E-state index contributed by atoms with van der Waals surface area (Å²) in [6.07, 6.45) is 0.892. The van der Waals surface area contributed by atoms with Gasteiger partial charge in [-0.3, -0.25) is 4.79 Å². The Labute approximate surface area is 165 Å². The average molecular weight is 384 g/mol. The van der Waals surface area contributed by atoms with E-state index in [1.807, 2.05) is 24.3 Å². The van der Waals surface area contributed by atoms with Gasteiger partial charge in [0.25, 0.3) is 0 Å². The van der Waals surface area contributed by atoms with Crippen molar-refractivity contribution in [1.29, 1.82) is 0 Å². The quantitative estimate of drug-likeness (QED) is 0.571. The van der Waals surface area contributed by atoms with Crippen molar-refractivity contribution in [2.75, 3.05) is 12.3 Å². The van der Waals surface area contributed by atoms with Gasteiger partial charge < -0.3 is 20.9 Å². The number of hydrogen-bond donors (Lipinski definition) is 3. The van der Waals surface area contributed by atoms with Crippen molar-refractivity contribution in [1.82, 2.24) is 5.32 Å². The zero-order valence-electron chi connectivity index (χ0n) is 16.6. The lowest BCUT2D eigenvalue weighted by atomic mass is 9.95. The van der Waals surface area contributed by atoms with E-state index in [9.17, 15) is 14.7 Å². The van der Waals surface area contributed by atoms with Crippen molar-refractivity contribution in [3.05, 3.63) is 59.2 Å². The van der Waals surface area contributed by atoms with Crippen LogP contribution in [0.15, 0.2) is 42.5 Å². The van der Waals surface area contributed by atoms with Crippen LogP contribution >= 0.6 is 0 Å². The van der Waals surface area contributed by atoms with E-state index < -0.39 is 5.97 Å². The van der Waals surface area contributed by atoms with Crippen LogP contribution in [0, 0.1) is 5.92 Å². The molecule has 0 unspecified atom stereocenters. The van der Waals surface area contributed by atoms with Gasteiger partial charge in [0.15, 0.2) is 0 Å². The molecule has 4 N–H and O–H groups in total. The standard InChI is InChI=1S/C22H28N2O4/c1-4-28-20-12-15(9-10-17(20)22(26)27)13-21(25)24-19(11-14(2)3)16-7-5-6-8-18(16)23/h5-10,12,14,19H,4,11,13,23H2,1-3H3,(H,24,25)(H,26,27)/t19-/m0/s1. The fourth-order valence-corrected chi connectivity index (χ4v) is 3.12. The molecule has 2 aromatic rings. The van der Waals surface area contributed by atoms with E-state index in [4.69, 9.17) is 10.5 Å². The molecule has 6 nitrogen and oxygen atoms in total. The molecular weight excluding hydrogens is 356 g/mol. The molecule has 2 aromatic carbocycles. The third-order valence-corrected chi connectivity index (χ3v) is 4.35. The summed E-state index contributed by atoms with van der Waals surface area (Å²) in [5, 5.41) is 12.3. The number of carbonyl (C=O) groups is 2. The van der Waals surface area contributed by atoms with Gasteiger partial charge in [0.05, 0.1) is 19.1 Å². The first kappa shape index (κ1) is 21.3. The van der Waals surface area contributed by atoms with Crippen molar-refractivity contribution in [3.8, 4) is 5.75 Å². The molecule has 0 aliphatic rings. The van der Waals surface area contributed by atoms with Gasteiger partial charge in [0.2, 0.25) is 5.91 Å². The number of benzene rings is 2. The number of amides is 1. The summed E-state index contributed by atoms with van der Waals surface area (Å²) in [4.78, 5) is 24.0. The van der Waals surface area contributed by atoms with Gasteiger partial charge in [-0.15, -0.1) is 0 Å². The monoisotopic (exact) mass is 384 g/mol. The molecule has 0 aliphatic heterocycles. The molecule has 0 saturated carbocycles. The van der Waals surface area contributed by atoms with Crippen LogP contribution in [0.1, 0.15) is 54.7 Å². The van der Waals surface area contributed by atoms with Crippen LogP contribution in [0.25, 0.3) is 0 Å². The Hall–Kier alpha value is -3.02. The number of aromatic carboxylic acids is 1. The Balaban J connectivity index is 2.17. The second-order valence-electron chi connectivity index (χ2n) is 7.12. The van der Waals surface area contributed by atoms with E-state index in [-0.39, 0.29) is 29.7 Å². The number of nitrogens with one attached hydrogen (secondary N) is 1. The molecule has 6 heteroatoms. The topological polar surface area (TPSA) is 102 Å². The van der Waals surface area contributed by atoms with Crippen molar-refractivity contribution < 1.29 is 19.4 Å². The maximum atomic E-state index is 12.7. The molecule has 0 aliphatic carbocycles. The highest BCUT2D eigenvalue weighted by atomic mass is 16.5. The van der Waals surface area contributed by atoms with E-state index in [1.54, 1.807) is 19.1 Å². The zero-order chi connectivity index (χ0) is 20.7. The van der Waals surface area contributed by atoms with E-state index in [2.05, 4.69) is 19.2 Å². The summed E-state index contributed by atoms with van der Waals surface area (Å²) >= 11 is 0. The molecule has 0 saturated heterocycles. The number of rotatable bonds is 9. The van der Waals surface area contributed by atoms with Gasteiger partial charge in [-0.1, -0.05) is 38.1 Å². The molecule has 2 rings (SSSR count). The molecule has 0 bridgehead atoms. The van der Waals surface area contributed by atoms with Gasteiger partial charge in [0, 0.05) is 5.69 Å². The van der Waals surface area contributed by atoms with Crippen LogP contribution in [0.2, 0.25) is 0 Å². The summed E-state index contributed by atoms with van der Waals surface area (Å²) in [6.45, 7) is 6.32. The van der Waals surface area contributed by atoms with Gasteiger partial charge in [-0.05, 0) is 48.6 Å². The van der Waals surface area contributed by atoms with Crippen LogP contribution in [0.5, 0.6) is 5.75 Å². The van der Waals surface area contributed by atoms with Crippen LogP contribution in [-0.2, 0) is 11.2 Å². The van der Waals surface area contributed by atoms with E-state index >= 15 is 0 Å². The van der Waals surface area contributed by atoms with Crippen LogP contribution < -0.4 is 15.8 Å². The third-order valence-electron chi connectivity index (χ3n) is 4.35. The van der Waals surface area contributed by atoms with Crippen molar-refractivity contribution in [2.24, 2.45) is 5.92 Å². The number of nitrogens with two attached hydrogens (primary N) is 1. The molecule has 1 amide bonds. The molecule has 28 heavy (non-hydrogen) atoms. The number of anilines is 1. The highest BCUT2D eigenvalue weighted by Crippen LogP contribution is 2.26. The van der Waals surface area contributed by atoms with E-state index in [0.717, 1.165) is 12.0 Å². The minimum atomic E-state index is -1.06. The minimum absolute atomic E-state index is 0.0840. The molecule has 0 aromatic heterocycles. The number of carboxylic acids is 1. The summed E-state index contributed by atoms with van der Waals surface area (Å²) in [5.41, 5.74) is 8.43. The Morgan fingerprint density at radius 3 is 2.50 bits per heavy atom. The predicted octanol–water partition coefficient (Wildman–Crippen LogP) is 3.81. The summed E-state index contributed by atoms with van der Waals surface area (Å²) in [6, 6.07) is 12.1. The van der Waals surface area contributed by atoms with E-state index in [0.29, 0.717) is 23.8 Å². The first-order chi connectivity index (χ1) is 13.3. The molecule has 150 valence electrons. The van der Waals surface area contributed by atoms with Crippen LogP contribution in [0.4, 0.5) is 5.69 Å². The Morgan fingerprint density at radius 1 is 1.18 bits per heavy atom. The number of para-hydroxylation sites is 1. The third kappa shape index (κ3) is 5.74. The smallest absolute Gasteiger partial charge is 0.339 e. The second-order valence-corrected chi connectivity index (χ2v) is 7.12. The van der Waals surface area contributed by atoms with Crippen molar-refractivity contribution in [3.63, 3.8) is 0 Å². The summed E-state index contributed by atoms with van der Waals surface area (Å²) in [5.74, 6) is -0.564. The molecule has 0 heterocycles. The van der Waals surface area contributed by atoms with Crippen LogP contribution in [-0.4, -0.2) is 23.6 Å². The highest BCUT2D eigenvalue weighted by molar-refractivity contribution is 5.91. The zero-order valence-corrected chi connectivity index (χ0v) is 16.6. The molecule has 0 radical (unpaired) electrons. The van der Waals surface area contributed by atoms with Gasteiger partial charge in [0.1, 0.15) is 11.3 Å². The highest BCUT2D eigenvalue weighted by Gasteiger charge is 2.19.